The lowest BCUT2D eigenvalue weighted by Crippen LogP contribution is -2.55. The summed E-state index contributed by atoms with van der Waals surface area (Å²) in [7, 11) is 0. The molecule has 2 aliphatic rings. The zero-order valence-electron chi connectivity index (χ0n) is 18.4. The van der Waals surface area contributed by atoms with Crippen LogP contribution in [-0.4, -0.2) is 47.4 Å². The van der Waals surface area contributed by atoms with E-state index in [1.54, 1.807) is 6.07 Å². The normalized spacial score (nSPS) is 19.4. The highest BCUT2D eigenvalue weighted by molar-refractivity contribution is 6.00. The Morgan fingerprint density at radius 3 is 2.55 bits per heavy atom. The van der Waals surface area contributed by atoms with Crippen molar-refractivity contribution >= 4 is 34.5 Å². The topological polar surface area (TPSA) is 132 Å². The van der Waals surface area contributed by atoms with Gasteiger partial charge in [0.05, 0.1) is 0 Å². The quantitative estimate of drug-likeness (QED) is 0.275. The van der Waals surface area contributed by atoms with Crippen LogP contribution in [0.25, 0.3) is 10.9 Å². The second kappa shape index (κ2) is 9.89. The van der Waals surface area contributed by atoms with Crippen molar-refractivity contribution in [3.05, 3.63) is 48.7 Å². The lowest BCUT2D eigenvalue weighted by molar-refractivity contribution is -0.127. The molecule has 0 spiro atoms. The zero-order chi connectivity index (χ0) is 23.4. The molecular weight excluding hydrogens is 422 g/mol. The first-order valence-corrected chi connectivity index (χ1v) is 11.3. The van der Waals surface area contributed by atoms with Crippen LogP contribution in [0.1, 0.15) is 42.6 Å². The van der Waals surface area contributed by atoms with Gasteiger partial charge in [0.25, 0.3) is 5.91 Å². The number of nitrogens with one attached hydrogen (secondary N) is 5. The monoisotopic (exact) mass is 451 g/mol. The summed E-state index contributed by atoms with van der Waals surface area (Å²) in [5.74, 6) is -1.22. The van der Waals surface area contributed by atoms with Gasteiger partial charge in [-0.05, 0) is 43.4 Å². The number of fused-ring (bicyclic) bond motifs is 1. The average Bonchev–Trinajstić information content (AvgIpc) is 3.36. The molecule has 2 aromatic rings. The van der Waals surface area contributed by atoms with Gasteiger partial charge in [0, 0.05) is 23.4 Å². The van der Waals surface area contributed by atoms with Gasteiger partial charge < -0.3 is 26.3 Å². The number of amides is 4. The molecule has 0 radical (unpaired) electrons. The van der Waals surface area contributed by atoms with E-state index in [2.05, 4.69) is 32.8 Å². The van der Waals surface area contributed by atoms with Crippen molar-refractivity contribution in [2.45, 2.75) is 44.3 Å². The summed E-state index contributed by atoms with van der Waals surface area (Å²) in [5, 5.41) is 12.0. The molecule has 174 valence electrons. The lowest BCUT2D eigenvalue weighted by Gasteiger charge is -2.25. The van der Waals surface area contributed by atoms with Crippen molar-refractivity contribution in [1.29, 1.82) is 0 Å². The number of para-hydroxylation sites is 1. The molecule has 4 rings (SSSR count). The Labute approximate surface area is 191 Å². The Balaban J connectivity index is 1.45. The zero-order valence-corrected chi connectivity index (χ0v) is 18.4. The Hall–Kier alpha value is -3.62. The van der Waals surface area contributed by atoms with Crippen molar-refractivity contribution in [2.24, 2.45) is 11.8 Å². The molecule has 3 atom stereocenters. The highest BCUT2D eigenvalue weighted by Gasteiger charge is 2.33. The van der Waals surface area contributed by atoms with E-state index in [-0.39, 0.29) is 30.1 Å². The summed E-state index contributed by atoms with van der Waals surface area (Å²) in [6.45, 7) is 4.02. The van der Waals surface area contributed by atoms with Crippen molar-refractivity contribution in [2.75, 3.05) is 6.54 Å². The molecule has 0 bridgehead atoms. The molecule has 0 unspecified atom stereocenters. The van der Waals surface area contributed by atoms with Gasteiger partial charge >= 0.3 is 0 Å². The Morgan fingerprint density at radius 2 is 1.88 bits per heavy atom. The molecule has 9 nitrogen and oxygen atoms in total. The highest BCUT2D eigenvalue weighted by Crippen LogP contribution is 2.33. The summed E-state index contributed by atoms with van der Waals surface area (Å²) < 4.78 is 0. The van der Waals surface area contributed by atoms with Gasteiger partial charge in [0.2, 0.25) is 17.7 Å². The predicted molar refractivity (Wildman–Crippen MR) is 123 cm³/mol. The van der Waals surface area contributed by atoms with Crippen LogP contribution in [0.15, 0.2) is 43.0 Å². The Kier molecular flexibility index (Phi) is 6.76. The molecule has 1 saturated carbocycles. The summed E-state index contributed by atoms with van der Waals surface area (Å²) >= 11 is 0. The first-order chi connectivity index (χ1) is 15.9. The van der Waals surface area contributed by atoms with Crippen LogP contribution in [0.4, 0.5) is 0 Å². The van der Waals surface area contributed by atoms with E-state index < -0.39 is 18.1 Å². The molecule has 2 heterocycles. The van der Waals surface area contributed by atoms with Gasteiger partial charge in [0.15, 0.2) is 0 Å². The molecule has 5 N–H and O–H groups in total. The molecule has 2 fully saturated rings. The smallest absolute Gasteiger partial charge is 0.268 e. The summed E-state index contributed by atoms with van der Waals surface area (Å²) in [6.07, 6.45) is 3.83. The number of aromatic nitrogens is 1. The fraction of sp³-hybridized carbons (Fsp3) is 0.417. The standard InChI is InChI=1S/C24H29N5O4/c1-2-21(30)28-20(13-16-9-10-25-22(16)31)29-24(33)18(11-14-7-8-14)27-23(32)19-12-15-5-3-4-6-17(15)26-19/h2-6,12,14,16,18,20,26H,1,7-11,13H2,(H,25,31)(H,27,32)(H,28,30)(H,29,33)/t16-,18-,20-/m0/s1. The highest BCUT2D eigenvalue weighted by atomic mass is 16.2. The number of H-pyrrole nitrogens is 1. The van der Waals surface area contributed by atoms with E-state index in [4.69, 9.17) is 0 Å². The number of carbonyl (C=O) groups excluding carboxylic acids is 4. The van der Waals surface area contributed by atoms with Crippen molar-refractivity contribution in [3.63, 3.8) is 0 Å². The number of rotatable bonds is 10. The largest absolute Gasteiger partial charge is 0.356 e. The predicted octanol–water partition coefficient (Wildman–Crippen LogP) is 1.34. The molecule has 4 amide bonds. The van der Waals surface area contributed by atoms with E-state index in [0.717, 1.165) is 29.8 Å². The average molecular weight is 452 g/mol. The maximum absolute atomic E-state index is 13.2. The molecule has 1 saturated heterocycles. The Bertz CT molecular complexity index is 1040. The van der Waals surface area contributed by atoms with Crippen LogP contribution >= 0.6 is 0 Å². The van der Waals surface area contributed by atoms with Gasteiger partial charge in [0.1, 0.15) is 17.9 Å². The van der Waals surface area contributed by atoms with Gasteiger partial charge in [-0.15, -0.1) is 0 Å². The maximum atomic E-state index is 13.2. The number of aromatic amines is 1. The van der Waals surface area contributed by atoms with Gasteiger partial charge in [-0.2, -0.15) is 0 Å². The van der Waals surface area contributed by atoms with E-state index in [1.807, 2.05) is 24.3 Å². The summed E-state index contributed by atoms with van der Waals surface area (Å²) in [5.41, 5.74) is 1.22. The third-order valence-electron chi connectivity index (χ3n) is 6.16. The SMILES string of the molecule is C=CC(=O)N[C@H](C[C@@H]1CCNC1=O)NC(=O)[C@H](CC1CC1)NC(=O)c1cc2ccccc2[nH]1. The fourth-order valence-corrected chi connectivity index (χ4v) is 4.16. The van der Waals surface area contributed by atoms with Crippen LogP contribution in [0.5, 0.6) is 0 Å². The van der Waals surface area contributed by atoms with Crippen LogP contribution < -0.4 is 21.3 Å². The van der Waals surface area contributed by atoms with Crippen LogP contribution in [0.3, 0.4) is 0 Å². The van der Waals surface area contributed by atoms with E-state index in [1.165, 1.54) is 0 Å². The molecular formula is C24H29N5O4. The van der Waals surface area contributed by atoms with E-state index >= 15 is 0 Å². The minimum Gasteiger partial charge on any atom is -0.356 e. The number of carbonyl (C=O) groups is 4. The Morgan fingerprint density at radius 1 is 1.09 bits per heavy atom. The molecule has 9 heteroatoms. The third-order valence-corrected chi connectivity index (χ3v) is 6.16. The summed E-state index contributed by atoms with van der Waals surface area (Å²) in [6, 6.07) is 8.56. The minimum atomic E-state index is -0.753. The lowest BCUT2D eigenvalue weighted by atomic mass is 10.0. The maximum Gasteiger partial charge on any atom is 0.268 e. The van der Waals surface area contributed by atoms with Gasteiger partial charge in [-0.1, -0.05) is 37.6 Å². The van der Waals surface area contributed by atoms with E-state index in [0.29, 0.717) is 31.0 Å². The first-order valence-electron chi connectivity index (χ1n) is 11.3. The van der Waals surface area contributed by atoms with Crippen LogP contribution in [0, 0.1) is 11.8 Å². The third kappa shape index (κ3) is 5.79. The summed E-state index contributed by atoms with van der Waals surface area (Å²) in [4.78, 5) is 53.1. The number of benzene rings is 1. The molecule has 1 aliphatic carbocycles. The van der Waals surface area contributed by atoms with Gasteiger partial charge in [-0.3, -0.25) is 19.2 Å². The van der Waals surface area contributed by atoms with Crippen LogP contribution in [0.2, 0.25) is 0 Å². The van der Waals surface area contributed by atoms with Crippen molar-refractivity contribution < 1.29 is 19.2 Å². The first kappa shape index (κ1) is 22.6. The minimum absolute atomic E-state index is 0.0938. The van der Waals surface area contributed by atoms with Crippen molar-refractivity contribution in [1.82, 2.24) is 26.3 Å². The number of hydrogen-bond donors (Lipinski definition) is 5. The van der Waals surface area contributed by atoms with Crippen LogP contribution in [-0.2, 0) is 14.4 Å². The number of hydrogen-bond acceptors (Lipinski definition) is 4. The van der Waals surface area contributed by atoms with Crippen molar-refractivity contribution in [3.8, 4) is 0 Å². The fourth-order valence-electron chi connectivity index (χ4n) is 4.16. The van der Waals surface area contributed by atoms with E-state index in [9.17, 15) is 19.2 Å². The molecule has 1 aliphatic heterocycles. The second-order valence-corrected chi connectivity index (χ2v) is 8.76. The molecule has 1 aromatic heterocycles. The molecule has 33 heavy (non-hydrogen) atoms. The van der Waals surface area contributed by atoms with Gasteiger partial charge in [-0.25, -0.2) is 0 Å². The molecule has 1 aromatic carbocycles. The second-order valence-electron chi connectivity index (χ2n) is 8.76.